The second-order valence-corrected chi connectivity index (χ2v) is 6.70. The summed E-state index contributed by atoms with van der Waals surface area (Å²) in [6.07, 6.45) is 0.594. The van der Waals surface area contributed by atoms with Gasteiger partial charge in [-0.05, 0) is 6.42 Å². The van der Waals surface area contributed by atoms with E-state index in [4.69, 9.17) is 15.3 Å². The van der Waals surface area contributed by atoms with Gasteiger partial charge in [0.05, 0.1) is 19.8 Å². The van der Waals surface area contributed by atoms with Crippen molar-refractivity contribution in [3.05, 3.63) is 0 Å². The van der Waals surface area contributed by atoms with Crippen molar-refractivity contribution in [1.82, 2.24) is 14.7 Å². The largest absolute Gasteiger partial charge is 0.479 e. The third kappa shape index (κ3) is 4.20. The van der Waals surface area contributed by atoms with Gasteiger partial charge in [0.2, 0.25) is 0 Å². The van der Waals surface area contributed by atoms with E-state index in [2.05, 4.69) is 14.7 Å². The Labute approximate surface area is 136 Å². The molecule has 0 aromatic rings. The molecule has 0 aromatic heterocycles. The molecular formula is C15H29N3O5. The van der Waals surface area contributed by atoms with E-state index in [0.717, 1.165) is 39.3 Å². The van der Waals surface area contributed by atoms with Crippen LogP contribution in [0.2, 0.25) is 0 Å². The SMILES string of the molecule is CCC(CO)(CO)CO.O=C(O)C(CN1CC1)(N1CC1)N1CC1. The lowest BCUT2D eigenvalue weighted by molar-refractivity contribution is -0.155. The van der Waals surface area contributed by atoms with Crippen LogP contribution in [0.3, 0.4) is 0 Å². The number of carboxylic acids is 1. The number of carbonyl (C=O) groups is 1. The van der Waals surface area contributed by atoms with Crippen molar-refractivity contribution < 1.29 is 25.2 Å². The van der Waals surface area contributed by atoms with Gasteiger partial charge in [-0.2, -0.15) is 0 Å². The van der Waals surface area contributed by atoms with E-state index in [0.29, 0.717) is 13.0 Å². The molecule has 8 nitrogen and oxygen atoms in total. The third-order valence-electron chi connectivity index (χ3n) is 5.02. The second-order valence-electron chi connectivity index (χ2n) is 6.70. The summed E-state index contributed by atoms with van der Waals surface area (Å²) < 4.78 is 0. The van der Waals surface area contributed by atoms with Crippen LogP contribution in [0, 0.1) is 5.41 Å². The molecule has 0 unspecified atom stereocenters. The third-order valence-corrected chi connectivity index (χ3v) is 5.02. The molecule has 0 amide bonds. The second kappa shape index (κ2) is 7.42. The molecule has 23 heavy (non-hydrogen) atoms. The Morgan fingerprint density at radius 3 is 1.52 bits per heavy atom. The van der Waals surface area contributed by atoms with Gasteiger partial charge in [0.15, 0.2) is 5.66 Å². The average molecular weight is 331 g/mol. The van der Waals surface area contributed by atoms with Gasteiger partial charge in [0.1, 0.15) is 0 Å². The molecule has 0 aromatic carbocycles. The minimum atomic E-state index is -0.684. The van der Waals surface area contributed by atoms with E-state index in [1.807, 2.05) is 6.92 Å². The van der Waals surface area contributed by atoms with Crippen LogP contribution < -0.4 is 0 Å². The summed E-state index contributed by atoms with van der Waals surface area (Å²) in [6.45, 7) is 7.93. The molecular weight excluding hydrogens is 302 g/mol. The van der Waals surface area contributed by atoms with Gasteiger partial charge >= 0.3 is 5.97 Å². The Bertz CT molecular complexity index is 374. The van der Waals surface area contributed by atoms with E-state index in [1.165, 1.54) is 0 Å². The molecule has 0 radical (unpaired) electrons. The van der Waals surface area contributed by atoms with Crippen LogP contribution in [0.5, 0.6) is 0 Å². The molecule has 4 N–H and O–H groups in total. The number of rotatable bonds is 9. The first-order valence-corrected chi connectivity index (χ1v) is 8.26. The number of aliphatic hydroxyl groups excluding tert-OH is 3. The van der Waals surface area contributed by atoms with Crippen LogP contribution in [0.15, 0.2) is 0 Å². The molecule has 3 aliphatic rings. The first-order valence-electron chi connectivity index (χ1n) is 8.26. The van der Waals surface area contributed by atoms with Crippen molar-refractivity contribution in [3.8, 4) is 0 Å². The highest BCUT2D eigenvalue weighted by molar-refractivity contribution is 5.79. The van der Waals surface area contributed by atoms with E-state index in [9.17, 15) is 9.90 Å². The van der Waals surface area contributed by atoms with Crippen LogP contribution in [0.4, 0.5) is 0 Å². The van der Waals surface area contributed by atoms with Gasteiger partial charge in [0, 0.05) is 51.2 Å². The molecule has 3 fully saturated rings. The van der Waals surface area contributed by atoms with E-state index in [1.54, 1.807) is 0 Å². The zero-order valence-electron chi connectivity index (χ0n) is 13.8. The Hall–Kier alpha value is -0.770. The lowest BCUT2D eigenvalue weighted by Gasteiger charge is -2.32. The van der Waals surface area contributed by atoms with Crippen LogP contribution in [-0.4, -0.2) is 112 Å². The van der Waals surface area contributed by atoms with Gasteiger partial charge in [-0.25, -0.2) is 4.79 Å². The van der Waals surface area contributed by atoms with Gasteiger partial charge in [0.25, 0.3) is 0 Å². The molecule has 134 valence electrons. The van der Waals surface area contributed by atoms with Crippen molar-refractivity contribution in [2.45, 2.75) is 19.0 Å². The predicted octanol–water partition coefficient (Wildman–Crippen LogP) is -1.93. The van der Waals surface area contributed by atoms with E-state index < -0.39 is 17.0 Å². The van der Waals surface area contributed by atoms with Crippen molar-refractivity contribution >= 4 is 5.97 Å². The number of aliphatic carboxylic acids is 1. The first kappa shape index (κ1) is 18.6. The predicted molar refractivity (Wildman–Crippen MR) is 83.9 cm³/mol. The summed E-state index contributed by atoms with van der Waals surface area (Å²) in [5.74, 6) is -0.667. The molecule has 8 heteroatoms. The molecule has 0 saturated carbocycles. The van der Waals surface area contributed by atoms with E-state index in [-0.39, 0.29) is 19.8 Å². The quantitative estimate of drug-likeness (QED) is 0.362. The number of nitrogens with zero attached hydrogens (tertiary/aromatic N) is 3. The molecule has 0 atom stereocenters. The molecule has 0 bridgehead atoms. The molecule has 3 heterocycles. The Morgan fingerprint density at radius 2 is 1.35 bits per heavy atom. The summed E-state index contributed by atoms with van der Waals surface area (Å²) in [5, 5.41) is 35.4. The van der Waals surface area contributed by atoms with Crippen molar-refractivity contribution in [1.29, 1.82) is 0 Å². The molecule has 3 saturated heterocycles. The standard InChI is InChI=1S/C9H15N3O2.C6H14O3/c13-8(14)9(11-3-4-11,12-5-6-12)7-10-1-2-10;1-2-6(3-7,4-8)5-9/h1-7H2,(H,13,14);7-9H,2-5H2,1H3. The monoisotopic (exact) mass is 331 g/mol. The fraction of sp³-hybridized carbons (Fsp3) is 0.933. The normalized spacial score (nSPS) is 21.6. The zero-order chi connectivity index (χ0) is 17.1. The topological polar surface area (TPSA) is 107 Å². The van der Waals surface area contributed by atoms with Crippen molar-refractivity contribution in [2.75, 3.05) is 65.6 Å². The number of carboxylic acid groups (broad SMARTS) is 1. The van der Waals surface area contributed by atoms with Crippen LogP contribution in [0.1, 0.15) is 13.3 Å². The van der Waals surface area contributed by atoms with Crippen LogP contribution in [0.25, 0.3) is 0 Å². The van der Waals surface area contributed by atoms with E-state index >= 15 is 0 Å². The number of hydrogen-bond acceptors (Lipinski definition) is 7. The Morgan fingerprint density at radius 1 is 0.913 bits per heavy atom. The summed E-state index contributed by atoms with van der Waals surface area (Å²) in [5.41, 5.74) is -1.35. The maximum atomic E-state index is 11.4. The summed E-state index contributed by atoms with van der Waals surface area (Å²) >= 11 is 0. The van der Waals surface area contributed by atoms with Crippen molar-refractivity contribution in [2.24, 2.45) is 5.41 Å². The minimum Gasteiger partial charge on any atom is -0.479 e. The maximum absolute atomic E-state index is 11.4. The summed E-state index contributed by atoms with van der Waals surface area (Å²) in [4.78, 5) is 17.8. The lowest BCUT2D eigenvalue weighted by Crippen LogP contribution is -2.57. The maximum Gasteiger partial charge on any atom is 0.340 e. The van der Waals surface area contributed by atoms with Gasteiger partial charge in [-0.15, -0.1) is 0 Å². The fourth-order valence-electron chi connectivity index (χ4n) is 2.60. The Kier molecular flexibility index (Phi) is 5.99. The number of aliphatic hydroxyl groups is 3. The van der Waals surface area contributed by atoms with Gasteiger partial charge < -0.3 is 20.4 Å². The highest BCUT2D eigenvalue weighted by atomic mass is 16.4. The molecule has 3 aliphatic heterocycles. The molecule has 0 aliphatic carbocycles. The number of hydrogen-bond donors (Lipinski definition) is 4. The zero-order valence-corrected chi connectivity index (χ0v) is 13.8. The minimum absolute atomic E-state index is 0.156. The van der Waals surface area contributed by atoms with Crippen LogP contribution in [-0.2, 0) is 4.79 Å². The fourth-order valence-corrected chi connectivity index (χ4v) is 2.60. The summed E-state index contributed by atoms with van der Waals surface area (Å²) in [7, 11) is 0. The smallest absolute Gasteiger partial charge is 0.340 e. The Balaban J connectivity index is 0.000000188. The van der Waals surface area contributed by atoms with Crippen molar-refractivity contribution in [3.63, 3.8) is 0 Å². The summed E-state index contributed by atoms with van der Waals surface area (Å²) in [6, 6.07) is 0. The lowest BCUT2D eigenvalue weighted by atomic mass is 9.88. The first-order chi connectivity index (χ1) is 11.0. The van der Waals surface area contributed by atoms with Gasteiger partial charge in [-0.3, -0.25) is 14.7 Å². The average Bonchev–Trinajstić information content (AvgIpc) is 3.43. The van der Waals surface area contributed by atoms with Crippen LogP contribution >= 0.6 is 0 Å². The molecule has 3 rings (SSSR count). The van der Waals surface area contributed by atoms with Gasteiger partial charge in [-0.1, -0.05) is 6.92 Å². The molecule has 0 spiro atoms. The highest BCUT2D eigenvalue weighted by Gasteiger charge is 2.58. The highest BCUT2D eigenvalue weighted by Crippen LogP contribution is 2.34.